The van der Waals surface area contributed by atoms with Crippen LogP contribution in [0.15, 0.2) is 27.4 Å². The molecular formula is C15H12ClNO2. The Morgan fingerprint density at radius 3 is 2.58 bits per heavy atom. The zero-order valence-electron chi connectivity index (χ0n) is 10.9. The highest BCUT2D eigenvalue weighted by atomic mass is 35.5. The summed E-state index contributed by atoms with van der Waals surface area (Å²) >= 11 is 6.06. The number of hydrogen-bond acceptors (Lipinski definition) is 3. The van der Waals surface area contributed by atoms with Crippen molar-refractivity contribution in [1.29, 1.82) is 0 Å². The number of fused-ring (bicyclic) bond motifs is 3. The van der Waals surface area contributed by atoms with Crippen molar-refractivity contribution in [2.75, 3.05) is 0 Å². The van der Waals surface area contributed by atoms with Crippen LogP contribution in [0, 0.1) is 20.8 Å². The molecule has 0 N–H and O–H groups in total. The van der Waals surface area contributed by atoms with E-state index in [9.17, 15) is 4.79 Å². The van der Waals surface area contributed by atoms with E-state index in [1.165, 1.54) is 0 Å². The van der Waals surface area contributed by atoms with Gasteiger partial charge in [-0.2, -0.15) is 0 Å². The smallest absolute Gasteiger partial charge is 0.346 e. The Kier molecular flexibility index (Phi) is 2.61. The van der Waals surface area contributed by atoms with E-state index < -0.39 is 0 Å². The molecule has 96 valence electrons. The van der Waals surface area contributed by atoms with Gasteiger partial charge in [0.25, 0.3) is 0 Å². The van der Waals surface area contributed by atoms with E-state index in [1.807, 2.05) is 26.8 Å². The Morgan fingerprint density at radius 1 is 1.11 bits per heavy atom. The first kappa shape index (κ1) is 12.2. The van der Waals surface area contributed by atoms with E-state index in [0.717, 1.165) is 22.0 Å². The molecule has 0 spiro atoms. The molecule has 0 aliphatic rings. The molecule has 0 saturated carbocycles. The van der Waals surface area contributed by atoms with Crippen molar-refractivity contribution in [1.82, 2.24) is 4.98 Å². The minimum Gasteiger partial charge on any atom is -0.422 e. The molecule has 2 heterocycles. The van der Waals surface area contributed by atoms with Crippen LogP contribution in [0.1, 0.15) is 17.0 Å². The summed E-state index contributed by atoms with van der Waals surface area (Å²) in [6.45, 7) is 5.72. The van der Waals surface area contributed by atoms with Crippen LogP contribution in [0.2, 0.25) is 5.02 Å². The minimum atomic E-state index is -0.349. The van der Waals surface area contributed by atoms with Gasteiger partial charge in [0.1, 0.15) is 5.58 Å². The average molecular weight is 274 g/mol. The molecule has 19 heavy (non-hydrogen) atoms. The van der Waals surface area contributed by atoms with Gasteiger partial charge in [-0.1, -0.05) is 11.6 Å². The van der Waals surface area contributed by atoms with Gasteiger partial charge in [-0.15, -0.1) is 0 Å². The molecule has 0 fully saturated rings. The summed E-state index contributed by atoms with van der Waals surface area (Å²) in [6.07, 6.45) is 0. The van der Waals surface area contributed by atoms with E-state index in [2.05, 4.69) is 4.98 Å². The zero-order valence-corrected chi connectivity index (χ0v) is 11.6. The first-order chi connectivity index (χ1) is 8.99. The lowest BCUT2D eigenvalue weighted by atomic mass is 10.0. The van der Waals surface area contributed by atoms with Crippen LogP contribution in [-0.2, 0) is 0 Å². The molecule has 0 amide bonds. The molecule has 0 saturated heterocycles. The molecule has 2 aromatic heterocycles. The Hall–Kier alpha value is -1.87. The van der Waals surface area contributed by atoms with Crippen LogP contribution in [0.25, 0.3) is 21.7 Å². The molecule has 0 bridgehead atoms. The molecule has 0 unspecified atom stereocenters. The number of hydrogen-bond donors (Lipinski definition) is 0. The third-order valence-corrected chi connectivity index (χ3v) is 3.72. The molecule has 3 nitrogen and oxygen atoms in total. The number of halogens is 1. The number of pyridine rings is 1. The second-order valence-corrected chi connectivity index (χ2v) is 5.12. The summed E-state index contributed by atoms with van der Waals surface area (Å²) < 4.78 is 5.35. The molecule has 1 aromatic carbocycles. The predicted octanol–water partition coefficient (Wildman–Crippen LogP) is 3.92. The van der Waals surface area contributed by atoms with E-state index in [1.54, 1.807) is 12.1 Å². The molecule has 0 atom stereocenters. The van der Waals surface area contributed by atoms with Gasteiger partial charge >= 0.3 is 5.63 Å². The monoisotopic (exact) mass is 273 g/mol. The molecular weight excluding hydrogens is 262 g/mol. The summed E-state index contributed by atoms with van der Waals surface area (Å²) in [5.74, 6) is 0. The fraction of sp³-hybridized carbons (Fsp3) is 0.200. The fourth-order valence-corrected chi connectivity index (χ4v) is 2.64. The van der Waals surface area contributed by atoms with Gasteiger partial charge in [-0.05, 0) is 44.5 Å². The van der Waals surface area contributed by atoms with Crippen LogP contribution in [-0.4, -0.2) is 4.98 Å². The predicted molar refractivity (Wildman–Crippen MR) is 77.0 cm³/mol. The number of aryl methyl sites for hydroxylation is 3. The Bertz CT molecular complexity index is 881. The SMILES string of the molecule is Cc1nc(C)c2c(=O)oc3ccc(Cl)cc3c2c1C. The number of benzene rings is 1. The van der Waals surface area contributed by atoms with Crippen molar-refractivity contribution >= 4 is 33.3 Å². The van der Waals surface area contributed by atoms with Crippen molar-refractivity contribution in [3.05, 3.63) is 50.6 Å². The maximum atomic E-state index is 12.1. The van der Waals surface area contributed by atoms with Crippen LogP contribution < -0.4 is 5.63 Å². The second kappa shape index (κ2) is 4.07. The van der Waals surface area contributed by atoms with E-state index in [4.69, 9.17) is 16.0 Å². The first-order valence-corrected chi connectivity index (χ1v) is 6.36. The van der Waals surface area contributed by atoms with Gasteiger partial charge in [-0.25, -0.2) is 4.79 Å². The van der Waals surface area contributed by atoms with E-state index in [-0.39, 0.29) is 5.63 Å². The van der Waals surface area contributed by atoms with Gasteiger partial charge in [0.05, 0.1) is 11.1 Å². The number of nitrogens with zero attached hydrogens (tertiary/aromatic N) is 1. The molecule has 0 radical (unpaired) electrons. The summed E-state index contributed by atoms with van der Waals surface area (Å²) in [4.78, 5) is 16.5. The minimum absolute atomic E-state index is 0.349. The quantitative estimate of drug-likeness (QED) is 0.460. The highest BCUT2D eigenvalue weighted by Gasteiger charge is 2.14. The van der Waals surface area contributed by atoms with Gasteiger partial charge in [-0.3, -0.25) is 4.98 Å². The topological polar surface area (TPSA) is 43.1 Å². The second-order valence-electron chi connectivity index (χ2n) is 4.69. The van der Waals surface area contributed by atoms with Crippen molar-refractivity contribution in [3.63, 3.8) is 0 Å². The Labute approximate surface area is 114 Å². The Balaban J connectivity index is 2.73. The van der Waals surface area contributed by atoms with Gasteiger partial charge in [0.2, 0.25) is 0 Å². The highest BCUT2D eigenvalue weighted by Crippen LogP contribution is 2.30. The molecule has 4 heteroatoms. The first-order valence-electron chi connectivity index (χ1n) is 5.99. The third-order valence-electron chi connectivity index (χ3n) is 3.48. The average Bonchev–Trinajstić information content (AvgIpc) is 2.35. The molecule has 0 aliphatic carbocycles. The zero-order chi connectivity index (χ0) is 13.7. The van der Waals surface area contributed by atoms with Crippen LogP contribution >= 0.6 is 11.6 Å². The normalized spacial score (nSPS) is 11.4. The van der Waals surface area contributed by atoms with Crippen LogP contribution in [0.3, 0.4) is 0 Å². The summed E-state index contributed by atoms with van der Waals surface area (Å²) in [7, 11) is 0. The van der Waals surface area contributed by atoms with Crippen molar-refractivity contribution in [2.24, 2.45) is 0 Å². The fourth-order valence-electron chi connectivity index (χ4n) is 2.46. The van der Waals surface area contributed by atoms with Gasteiger partial charge in [0, 0.05) is 21.5 Å². The summed E-state index contributed by atoms with van der Waals surface area (Å²) in [5, 5.41) is 2.90. The maximum absolute atomic E-state index is 12.1. The van der Waals surface area contributed by atoms with Gasteiger partial charge in [0.15, 0.2) is 0 Å². The highest BCUT2D eigenvalue weighted by molar-refractivity contribution is 6.31. The third kappa shape index (κ3) is 1.73. The van der Waals surface area contributed by atoms with Crippen LogP contribution in [0.4, 0.5) is 0 Å². The van der Waals surface area contributed by atoms with Crippen molar-refractivity contribution in [3.8, 4) is 0 Å². The van der Waals surface area contributed by atoms with E-state index in [0.29, 0.717) is 21.7 Å². The molecule has 3 rings (SSSR count). The Morgan fingerprint density at radius 2 is 1.84 bits per heavy atom. The lowest BCUT2D eigenvalue weighted by Crippen LogP contribution is -2.06. The summed E-state index contributed by atoms with van der Waals surface area (Å²) in [6, 6.07) is 5.27. The number of aromatic nitrogens is 1. The van der Waals surface area contributed by atoms with Crippen molar-refractivity contribution in [2.45, 2.75) is 20.8 Å². The lowest BCUT2D eigenvalue weighted by Gasteiger charge is -2.10. The van der Waals surface area contributed by atoms with Crippen LogP contribution in [0.5, 0.6) is 0 Å². The summed E-state index contributed by atoms with van der Waals surface area (Å²) in [5.41, 5.74) is 2.79. The van der Waals surface area contributed by atoms with Gasteiger partial charge < -0.3 is 4.42 Å². The largest absolute Gasteiger partial charge is 0.422 e. The molecule has 0 aliphatic heterocycles. The standard InChI is InChI=1S/C15H12ClNO2/c1-7-8(2)17-9(3)14-13(7)11-6-10(16)4-5-12(11)19-15(14)18/h4-6H,1-3H3. The lowest BCUT2D eigenvalue weighted by molar-refractivity contribution is 0.569. The number of rotatable bonds is 0. The van der Waals surface area contributed by atoms with E-state index >= 15 is 0 Å². The van der Waals surface area contributed by atoms with Crippen molar-refractivity contribution < 1.29 is 4.42 Å². The maximum Gasteiger partial charge on any atom is 0.346 e. The molecule has 3 aromatic rings.